The van der Waals surface area contributed by atoms with Crippen LogP contribution in [0.2, 0.25) is 0 Å². The predicted octanol–water partition coefficient (Wildman–Crippen LogP) is 4.72. The van der Waals surface area contributed by atoms with E-state index in [1.807, 2.05) is 0 Å². The fraction of sp³-hybridized carbons (Fsp3) is 0.529. The van der Waals surface area contributed by atoms with Crippen molar-refractivity contribution in [1.29, 1.82) is 0 Å². The van der Waals surface area contributed by atoms with Gasteiger partial charge in [-0.15, -0.1) is 0 Å². The van der Waals surface area contributed by atoms with Crippen LogP contribution in [0.1, 0.15) is 56.6 Å². The van der Waals surface area contributed by atoms with Crippen molar-refractivity contribution in [1.82, 2.24) is 0 Å². The van der Waals surface area contributed by atoms with Gasteiger partial charge in [-0.2, -0.15) is 0 Å². The lowest BCUT2D eigenvalue weighted by molar-refractivity contribution is 0.666. The molecular weight excluding hydrogens is 204 g/mol. The van der Waals surface area contributed by atoms with E-state index in [4.69, 9.17) is 6.42 Å². The van der Waals surface area contributed by atoms with Gasteiger partial charge in [0.05, 0.1) is 0 Å². The van der Waals surface area contributed by atoms with Gasteiger partial charge >= 0.3 is 0 Å². The normalized spacial score (nSPS) is 10.1. The molecule has 0 saturated heterocycles. The van der Waals surface area contributed by atoms with E-state index >= 15 is 0 Å². The second-order valence-electron chi connectivity index (χ2n) is 4.66. The summed E-state index contributed by atoms with van der Waals surface area (Å²) in [6.07, 6.45) is 16.3. The Balaban J connectivity index is 2.27. The highest BCUT2D eigenvalue weighted by Crippen LogP contribution is 2.11. The van der Waals surface area contributed by atoms with Crippen LogP contribution >= 0.6 is 0 Å². The van der Waals surface area contributed by atoms with Crippen LogP contribution in [0.4, 0.5) is 0 Å². The van der Waals surface area contributed by atoms with Gasteiger partial charge in [0.2, 0.25) is 0 Å². The number of aryl methyl sites for hydroxylation is 2. The fourth-order valence-corrected chi connectivity index (χ4v) is 2.01. The standard InChI is InChI=1S/C17H23/c1-3-5-7-9-11-17-14-12-16(13-15-17)10-8-6-4-2/h12-15H,3,5-11H2,1H3. The summed E-state index contributed by atoms with van der Waals surface area (Å²) in [6, 6.07) is 8.99. The topological polar surface area (TPSA) is 0 Å². The predicted molar refractivity (Wildman–Crippen MR) is 74.4 cm³/mol. The molecule has 0 N–H and O–H groups in total. The van der Waals surface area contributed by atoms with E-state index in [1.54, 1.807) is 0 Å². The molecule has 0 nitrogen and oxygen atoms in total. The molecule has 0 aromatic heterocycles. The molecule has 0 spiro atoms. The van der Waals surface area contributed by atoms with Crippen molar-refractivity contribution in [3.63, 3.8) is 0 Å². The van der Waals surface area contributed by atoms with Gasteiger partial charge in [0.25, 0.3) is 0 Å². The van der Waals surface area contributed by atoms with Crippen LogP contribution in [0, 0.1) is 12.3 Å². The quantitative estimate of drug-likeness (QED) is 0.445. The second kappa shape index (κ2) is 8.88. The molecular formula is C17H23. The summed E-state index contributed by atoms with van der Waals surface area (Å²) in [5.41, 5.74) is 2.85. The Labute approximate surface area is 106 Å². The minimum Gasteiger partial charge on any atom is -0.0891 e. The Kier molecular flexibility index (Phi) is 7.23. The fourth-order valence-electron chi connectivity index (χ4n) is 2.01. The van der Waals surface area contributed by atoms with E-state index in [9.17, 15) is 0 Å². The summed E-state index contributed by atoms with van der Waals surface area (Å²) in [6.45, 7) is 2.25. The smallest absolute Gasteiger partial charge is 0.0102 e. The Hall–Kier alpha value is -1.22. The number of benzene rings is 1. The Morgan fingerprint density at radius 3 is 2.00 bits per heavy atom. The number of hydrogen-bond donors (Lipinski definition) is 0. The Bertz CT molecular complexity index is 326. The van der Waals surface area contributed by atoms with E-state index in [0.29, 0.717) is 0 Å². The highest BCUT2D eigenvalue weighted by atomic mass is 14.0. The largest absolute Gasteiger partial charge is 0.0891 e. The van der Waals surface area contributed by atoms with Crippen molar-refractivity contribution in [2.75, 3.05) is 0 Å². The molecule has 0 unspecified atom stereocenters. The maximum absolute atomic E-state index is 6.86. The van der Waals surface area contributed by atoms with E-state index < -0.39 is 0 Å². The second-order valence-corrected chi connectivity index (χ2v) is 4.66. The Morgan fingerprint density at radius 1 is 0.882 bits per heavy atom. The van der Waals surface area contributed by atoms with Crippen molar-refractivity contribution in [3.8, 4) is 5.92 Å². The van der Waals surface area contributed by atoms with Gasteiger partial charge in [0.1, 0.15) is 0 Å². The summed E-state index contributed by atoms with van der Waals surface area (Å²) in [4.78, 5) is 0. The summed E-state index contributed by atoms with van der Waals surface area (Å²) in [7, 11) is 0. The first-order valence-electron chi connectivity index (χ1n) is 6.84. The monoisotopic (exact) mass is 227 g/mol. The summed E-state index contributed by atoms with van der Waals surface area (Å²) >= 11 is 0. The van der Waals surface area contributed by atoms with Crippen LogP contribution in [0.3, 0.4) is 0 Å². The number of unbranched alkanes of at least 4 members (excludes halogenated alkanes) is 4. The van der Waals surface area contributed by atoms with Crippen molar-refractivity contribution >= 4 is 0 Å². The van der Waals surface area contributed by atoms with Gasteiger partial charge in [-0.05, 0) is 43.2 Å². The molecule has 1 radical (unpaired) electrons. The highest BCUT2D eigenvalue weighted by Gasteiger charge is 1.95. The SMILES string of the molecule is [C]#CCCCc1ccc(CCCCCC)cc1. The lowest BCUT2D eigenvalue weighted by Gasteiger charge is -2.03. The maximum Gasteiger partial charge on any atom is 0.0102 e. The number of hydrogen-bond acceptors (Lipinski definition) is 0. The van der Waals surface area contributed by atoms with Crippen LogP contribution in [-0.2, 0) is 12.8 Å². The first-order valence-corrected chi connectivity index (χ1v) is 6.84. The molecule has 0 saturated carbocycles. The molecule has 17 heavy (non-hydrogen) atoms. The molecule has 91 valence electrons. The van der Waals surface area contributed by atoms with Crippen molar-refractivity contribution in [2.45, 2.75) is 58.3 Å². The van der Waals surface area contributed by atoms with Gasteiger partial charge in [0.15, 0.2) is 0 Å². The third-order valence-electron chi connectivity index (χ3n) is 3.11. The van der Waals surface area contributed by atoms with Crippen molar-refractivity contribution < 1.29 is 0 Å². The molecule has 1 aromatic rings. The molecule has 1 rings (SSSR count). The molecule has 0 amide bonds. The number of rotatable bonds is 8. The average Bonchev–Trinajstić information content (AvgIpc) is 2.37. The zero-order valence-electron chi connectivity index (χ0n) is 11.0. The molecule has 0 heteroatoms. The highest BCUT2D eigenvalue weighted by molar-refractivity contribution is 5.22. The third kappa shape index (κ3) is 6.17. The molecule has 0 heterocycles. The van der Waals surface area contributed by atoms with E-state index in [2.05, 4.69) is 37.1 Å². The molecule has 1 aromatic carbocycles. The first kappa shape index (κ1) is 13.8. The Morgan fingerprint density at radius 2 is 1.47 bits per heavy atom. The molecule has 0 aliphatic carbocycles. The zero-order valence-corrected chi connectivity index (χ0v) is 11.0. The molecule has 0 bridgehead atoms. The lowest BCUT2D eigenvalue weighted by Crippen LogP contribution is -1.89. The minimum absolute atomic E-state index is 0.777. The van der Waals surface area contributed by atoms with Crippen LogP contribution in [0.25, 0.3) is 0 Å². The van der Waals surface area contributed by atoms with Crippen LogP contribution < -0.4 is 0 Å². The van der Waals surface area contributed by atoms with Gasteiger partial charge < -0.3 is 0 Å². The van der Waals surface area contributed by atoms with Gasteiger partial charge in [-0.1, -0.05) is 56.4 Å². The first-order chi connectivity index (χ1) is 8.36. The average molecular weight is 227 g/mol. The maximum atomic E-state index is 6.86. The summed E-state index contributed by atoms with van der Waals surface area (Å²) in [5, 5.41) is 0. The minimum atomic E-state index is 0.777. The molecule has 0 atom stereocenters. The van der Waals surface area contributed by atoms with E-state index in [0.717, 1.165) is 19.3 Å². The van der Waals surface area contributed by atoms with Crippen molar-refractivity contribution in [2.24, 2.45) is 0 Å². The summed E-state index contributed by atoms with van der Waals surface area (Å²) in [5.74, 6) is 2.44. The van der Waals surface area contributed by atoms with Crippen LogP contribution in [0.15, 0.2) is 24.3 Å². The lowest BCUT2D eigenvalue weighted by atomic mass is 10.0. The van der Waals surface area contributed by atoms with Gasteiger partial charge in [0, 0.05) is 6.42 Å². The molecule has 0 aliphatic rings. The van der Waals surface area contributed by atoms with Crippen molar-refractivity contribution in [3.05, 3.63) is 41.8 Å². The van der Waals surface area contributed by atoms with E-state index in [1.165, 1.54) is 43.2 Å². The van der Waals surface area contributed by atoms with Crippen LogP contribution in [-0.4, -0.2) is 0 Å². The molecule has 0 fully saturated rings. The van der Waals surface area contributed by atoms with E-state index in [-0.39, 0.29) is 0 Å². The third-order valence-corrected chi connectivity index (χ3v) is 3.11. The zero-order chi connectivity index (χ0) is 12.3. The van der Waals surface area contributed by atoms with Crippen LogP contribution in [0.5, 0.6) is 0 Å². The summed E-state index contributed by atoms with van der Waals surface area (Å²) < 4.78 is 0. The van der Waals surface area contributed by atoms with Gasteiger partial charge in [-0.25, -0.2) is 0 Å². The molecule has 0 aliphatic heterocycles. The van der Waals surface area contributed by atoms with Gasteiger partial charge in [-0.3, -0.25) is 0 Å².